The van der Waals surface area contributed by atoms with Crippen molar-refractivity contribution in [3.8, 4) is 0 Å². The summed E-state index contributed by atoms with van der Waals surface area (Å²) in [6, 6.07) is 0. The highest BCUT2D eigenvalue weighted by Crippen LogP contribution is 2.62. The summed E-state index contributed by atoms with van der Waals surface area (Å²) in [5.41, 5.74) is 0.711. The number of methoxy groups -OCH3 is 1. The van der Waals surface area contributed by atoms with Crippen LogP contribution in [0.4, 0.5) is 0 Å². The molecule has 146 valence electrons. The van der Waals surface area contributed by atoms with Crippen LogP contribution in [0.3, 0.4) is 0 Å². The molecule has 0 aliphatic heterocycles. The van der Waals surface area contributed by atoms with Crippen molar-refractivity contribution < 1.29 is 23.7 Å². The predicted molar refractivity (Wildman–Crippen MR) is 95.8 cm³/mol. The molecule has 4 aliphatic carbocycles. The van der Waals surface area contributed by atoms with Gasteiger partial charge in [0.2, 0.25) is 0 Å². The van der Waals surface area contributed by atoms with Gasteiger partial charge in [0.15, 0.2) is 0 Å². The highest BCUT2D eigenvalue weighted by molar-refractivity contribution is 5.07. The first kappa shape index (κ1) is 19.6. The van der Waals surface area contributed by atoms with Crippen LogP contribution in [0.5, 0.6) is 0 Å². The van der Waals surface area contributed by atoms with E-state index in [4.69, 9.17) is 23.7 Å². The van der Waals surface area contributed by atoms with Crippen LogP contribution < -0.4 is 0 Å². The van der Waals surface area contributed by atoms with Gasteiger partial charge in [0.1, 0.15) is 0 Å². The van der Waals surface area contributed by atoms with E-state index in [9.17, 15) is 0 Å². The number of hydrogen-bond acceptors (Lipinski definition) is 5. The van der Waals surface area contributed by atoms with E-state index in [1.165, 1.54) is 38.5 Å². The van der Waals surface area contributed by atoms with E-state index < -0.39 is 0 Å². The summed E-state index contributed by atoms with van der Waals surface area (Å²) in [5, 5.41) is 0. The molecule has 4 saturated carbocycles. The fourth-order valence-corrected chi connectivity index (χ4v) is 5.80. The molecule has 0 heterocycles. The van der Waals surface area contributed by atoms with Crippen molar-refractivity contribution in [1.29, 1.82) is 0 Å². The Morgan fingerprint density at radius 2 is 1.24 bits per heavy atom. The van der Waals surface area contributed by atoms with Gasteiger partial charge in [-0.1, -0.05) is 6.92 Å². The van der Waals surface area contributed by atoms with E-state index >= 15 is 0 Å². The summed E-state index contributed by atoms with van der Waals surface area (Å²) in [6.07, 6.45) is 8.13. The SMILES string of the molecule is COCCOCCOCCOCCOC12CC3CC(CC(C)(C3)C1)C2. The fourth-order valence-electron chi connectivity index (χ4n) is 5.80. The van der Waals surface area contributed by atoms with Crippen LogP contribution in [-0.2, 0) is 23.7 Å². The van der Waals surface area contributed by atoms with Crippen molar-refractivity contribution in [1.82, 2.24) is 0 Å². The number of rotatable bonds is 13. The summed E-state index contributed by atoms with van der Waals surface area (Å²) in [7, 11) is 1.67. The first-order valence-corrected chi connectivity index (χ1v) is 9.99. The molecule has 4 fully saturated rings. The molecular formula is C20H36O5. The van der Waals surface area contributed by atoms with Gasteiger partial charge >= 0.3 is 0 Å². The Morgan fingerprint density at radius 1 is 0.720 bits per heavy atom. The average Bonchev–Trinajstić information content (AvgIpc) is 2.53. The molecule has 2 unspecified atom stereocenters. The van der Waals surface area contributed by atoms with Crippen LogP contribution in [0.2, 0.25) is 0 Å². The Labute approximate surface area is 152 Å². The lowest BCUT2D eigenvalue weighted by Crippen LogP contribution is -2.56. The van der Waals surface area contributed by atoms with E-state index in [-0.39, 0.29) is 5.60 Å². The van der Waals surface area contributed by atoms with Crippen molar-refractivity contribution in [2.75, 3.05) is 60.0 Å². The zero-order valence-corrected chi connectivity index (χ0v) is 16.1. The summed E-state index contributed by atoms with van der Waals surface area (Å²) >= 11 is 0. The molecule has 0 aromatic rings. The van der Waals surface area contributed by atoms with E-state index in [0.717, 1.165) is 18.4 Å². The maximum Gasteiger partial charge on any atom is 0.0708 e. The van der Waals surface area contributed by atoms with E-state index in [1.807, 2.05) is 0 Å². The third-order valence-electron chi connectivity index (χ3n) is 6.11. The molecule has 0 aromatic carbocycles. The molecule has 0 N–H and O–H groups in total. The van der Waals surface area contributed by atoms with Gasteiger partial charge in [0, 0.05) is 7.11 Å². The minimum atomic E-state index is 0.165. The molecule has 4 bridgehead atoms. The lowest BCUT2D eigenvalue weighted by atomic mass is 9.48. The third-order valence-corrected chi connectivity index (χ3v) is 6.11. The Balaban J connectivity index is 1.19. The Hall–Kier alpha value is -0.200. The second-order valence-corrected chi connectivity index (χ2v) is 8.63. The van der Waals surface area contributed by atoms with E-state index in [1.54, 1.807) is 7.11 Å². The molecule has 5 nitrogen and oxygen atoms in total. The van der Waals surface area contributed by atoms with Gasteiger partial charge < -0.3 is 23.7 Å². The first-order valence-electron chi connectivity index (χ1n) is 9.99. The molecular weight excluding hydrogens is 320 g/mol. The maximum absolute atomic E-state index is 6.39. The van der Waals surface area contributed by atoms with Gasteiger partial charge in [-0.2, -0.15) is 0 Å². The van der Waals surface area contributed by atoms with Crippen molar-refractivity contribution in [2.45, 2.75) is 51.0 Å². The van der Waals surface area contributed by atoms with Crippen LogP contribution in [0.15, 0.2) is 0 Å². The molecule has 4 aliphatic rings. The topological polar surface area (TPSA) is 46.2 Å². The summed E-state index contributed by atoms with van der Waals surface area (Å²) in [5.74, 6) is 1.82. The van der Waals surface area contributed by atoms with Crippen LogP contribution in [-0.4, -0.2) is 65.6 Å². The van der Waals surface area contributed by atoms with Crippen molar-refractivity contribution >= 4 is 0 Å². The lowest BCUT2D eigenvalue weighted by Gasteiger charge is -2.60. The van der Waals surface area contributed by atoms with Gasteiger partial charge in [-0.3, -0.25) is 0 Å². The zero-order valence-electron chi connectivity index (χ0n) is 16.1. The predicted octanol–water partition coefficient (Wildman–Crippen LogP) is 3.06. The van der Waals surface area contributed by atoms with Crippen molar-refractivity contribution in [2.24, 2.45) is 17.3 Å². The second-order valence-electron chi connectivity index (χ2n) is 8.63. The quantitative estimate of drug-likeness (QED) is 0.475. The van der Waals surface area contributed by atoms with E-state index in [2.05, 4.69) is 6.92 Å². The molecule has 25 heavy (non-hydrogen) atoms. The highest BCUT2D eigenvalue weighted by atomic mass is 16.6. The summed E-state index contributed by atoms with van der Waals surface area (Å²) in [4.78, 5) is 0. The third kappa shape index (κ3) is 5.64. The minimum Gasteiger partial charge on any atom is -0.382 e. The van der Waals surface area contributed by atoms with Gasteiger partial charge in [0.05, 0.1) is 58.5 Å². The Bertz CT molecular complexity index is 386. The highest BCUT2D eigenvalue weighted by Gasteiger charge is 2.56. The van der Waals surface area contributed by atoms with Crippen LogP contribution in [0, 0.1) is 17.3 Å². The fraction of sp³-hybridized carbons (Fsp3) is 1.00. The van der Waals surface area contributed by atoms with Crippen LogP contribution in [0.1, 0.15) is 45.4 Å². The molecule has 0 spiro atoms. The van der Waals surface area contributed by atoms with Crippen molar-refractivity contribution in [3.05, 3.63) is 0 Å². The molecule has 0 radical (unpaired) electrons. The Kier molecular flexibility index (Phi) is 7.15. The van der Waals surface area contributed by atoms with Crippen LogP contribution >= 0.6 is 0 Å². The van der Waals surface area contributed by atoms with Gasteiger partial charge in [-0.25, -0.2) is 0 Å². The number of hydrogen-bond donors (Lipinski definition) is 0. The molecule has 0 amide bonds. The van der Waals surface area contributed by atoms with Gasteiger partial charge in [-0.05, 0) is 55.8 Å². The van der Waals surface area contributed by atoms with Gasteiger partial charge in [-0.15, -0.1) is 0 Å². The minimum absolute atomic E-state index is 0.165. The molecule has 4 rings (SSSR count). The molecule has 0 aromatic heterocycles. The summed E-state index contributed by atoms with van der Waals surface area (Å²) in [6.45, 7) is 7.57. The van der Waals surface area contributed by atoms with E-state index in [0.29, 0.717) is 51.7 Å². The second kappa shape index (κ2) is 9.14. The van der Waals surface area contributed by atoms with Crippen molar-refractivity contribution in [3.63, 3.8) is 0 Å². The van der Waals surface area contributed by atoms with Crippen LogP contribution in [0.25, 0.3) is 0 Å². The zero-order chi connectivity index (χ0) is 17.6. The largest absolute Gasteiger partial charge is 0.382 e. The lowest BCUT2D eigenvalue weighted by molar-refractivity contribution is -0.193. The van der Waals surface area contributed by atoms with Gasteiger partial charge in [0.25, 0.3) is 0 Å². The first-order chi connectivity index (χ1) is 12.1. The maximum atomic E-state index is 6.39. The molecule has 5 heteroatoms. The Morgan fingerprint density at radius 3 is 1.76 bits per heavy atom. The summed E-state index contributed by atoms with van der Waals surface area (Å²) < 4.78 is 27.8. The number of ether oxygens (including phenoxy) is 5. The normalized spacial score (nSPS) is 36.2. The molecule has 0 saturated heterocycles. The average molecular weight is 357 g/mol. The standard InChI is InChI=1S/C20H36O5/c1-19-12-17-11-18(13-19)15-20(14-17,16-19)25-10-9-24-8-7-23-6-5-22-4-3-21-2/h17-18H,3-16H2,1-2H3. The molecule has 2 atom stereocenters. The monoisotopic (exact) mass is 356 g/mol. The smallest absolute Gasteiger partial charge is 0.0708 e.